The molecule has 0 aromatic carbocycles. The van der Waals surface area contributed by atoms with Crippen LogP contribution in [0.2, 0.25) is 0 Å². The average Bonchev–Trinajstić information content (AvgIpc) is 3.77. The number of hydrogen-bond donors (Lipinski definition) is 2. The van der Waals surface area contributed by atoms with Crippen LogP contribution >= 0.6 is 0 Å². The van der Waals surface area contributed by atoms with Crippen molar-refractivity contribution in [3.63, 3.8) is 0 Å². The summed E-state index contributed by atoms with van der Waals surface area (Å²) < 4.78 is 21.9. The maximum absolute atomic E-state index is 5.93. The van der Waals surface area contributed by atoms with E-state index in [1.54, 1.807) is 0 Å². The second kappa shape index (κ2) is 15.1. The Kier molecular flexibility index (Phi) is 11.3. The fourth-order valence-corrected chi connectivity index (χ4v) is 8.08. The highest BCUT2D eigenvalue weighted by Gasteiger charge is 2.35. The minimum atomic E-state index is 0.487. The van der Waals surface area contributed by atoms with Gasteiger partial charge in [-0.1, -0.05) is 6.42 Å². The predicted molar refractivity (Wildman–Crippen MR) is 162 cm³/mol. The Labute approximate surface area is 249 Å². The molecular weight excluding hydrogens is 516 g/mol. The van der Waals surface area contributed by atoms with Crippen molar-refractivity contribution in [1.82, 2.24) is 9.80 Å². The Morgan fingerprint density at radius 2 is 0.780 bits per heavy atom. The molecule has 6 atom stereocenters. The van der Waals surface area contributed by atoms with Crippen LogP contribution in [0.3, 0.4) is 0 Å². The molecule has 7 fully saturated rings. The summed E-state index contributed by atoms with van der Waals surface area (Å²) in [5.74, 6) is 3.62. The van der Waals surface area contributed by atoms with E-state index in [4.69, 9.17) is 30.4 Å². The molecule has 41 heavy (non-hydrogen) atoms. The molecule has 4 saturated heterocycles. The Morgan fingerprint density at radius 3 is 1.10 bits per heavy atom. The number of nitrogens with two attached hydrogens (primary N) is 2. The maximum Gasteiger partial charge on any atom is 0.0936 e. The molecule has 7 aliphatic rings. The predicted octanol–water partition coefficient (Wildman–Crippen LogP) is 3.40. The van der Waals surface area contributed by atoms with E-state index < -0.39 is 0 Å². The lowest BCUT2D eigenvalue weighted by Crippen LogP contribution is -2.40. The van der Waals surface area contributed by atoms with Gasteiger partial charge in [0.1, 0.15) is 0 Å². The van der Waals surface area contributed by atoms with Crippen molar-refractivity contribution in [2.75, 3.05) is 65.7 Å². The normalized spacial score (nSPS) is 41.6. The molecule has 0 aromatic heterocycles. The Bertz CT molecular complexity index is 670. The summed E-state index contributed by atoms with van der Waals surface area (Å²) in [6, 6.07) is 1.00. The van der Waals surface area contributed by atoms with E-state index in [-0.39, 0.29) is 0 Å². The Balaban J connectivity index is 0.000000172. The van der Waals surface area contributed by atoms with Crippen molar-refractivity contribution in [2.24, 2.45) is 35.1 Å². The van der Waals surface area contributed by atoms with Crippen molar-refractivity contribution in [3.05, 3.63) is 0 Å². The zero-order valence-electron chi connectivity index (χ0n) is 25.7. The first kappa shape index (κ1) is 30.7. The van der Waals surface area contributed by atoms with E-state index in [0.29, 0.717) is 36.5 Å². The molecule has 0 bridgehead atoms. The molecule has 6 unspecified atom stereocenters. The number of rotatable bonds is 14. The van der Waals surface area contributed by atoms with Gasteiger partial charge >= 0.3 is 0 Å². The summed E-state index contributed by atoms with van der Waals surface area (Å²) in [5, 5.41) is 0. The van der Waals surface area contributed by atoms with Crippen LogP contribution in [0.4, 0.5) is 0 Å². The Morgan fingerprint density at radius 1 is 0.439 bits per heavy atom. The molecule has 0 spiro atoms. The zero-order chi connectivity index (χ0) is 28.0. The van der Waals surface area contributed by atoms with Gasteiger partial charge in [0.25, 0.3) is 0 Å². The van der Waals surface area contributed by atoms with Crippen LogP contribution in [0, 0.1) is 23.7 Å². The summed E-state index contributed by atoms with van der Waals surface area (Å²) >= 11 is 0. The molecule has 4 heterocycles. The van der Waals surface area contributed by atoms with E-state index in [9.17, 15) is 0 Å². The third-order valence-electron chi connectivity index (χ3n) is 10.8. The quantitative estimate of drug-likeness (QED) is 0.303. The smallest absolute Gasteiger partial charge is 0.0936 e. The van der Waals surface area contributed by atoms with Crippen molar-refractivity contribution in [1.29, 1.82) is 0 Å². The first-order chi connectivity index (χ1) is 20.0. The minimum absolute atomic E-state index is 0.487. The molecule has 7 rings (SSSR count). The van der Waals surface area contributed by atoms with E-state index in [2.05, 4.69) is 9.80 Å². The number of hydrogen-bond acceptors (Lipinski definition) is 8. The third kappa shape index (κ3) is 11.6. The highest BCUT2D eigenvalue weighted by atomic mass is 16.6. The standard InChI is InChI=1S/C20H34N2O4.C13H26N2/c1-2-15(5-21(7-17-11-23-17)8-18-12-24-18)4-16(3-1)6-22(9-19-13-25-19)10-20-14-26-20;14-12-5-1-10(2-6-12)9-11-3-7-13(15)8-4-11/h15-20H,1-14H2;10-13H,1-9,14-15H2. The molecule has 236 valence electrons. The summed E-state index contributed by atoms with van der Waals surface area (Å²) in [7, 11) is 0. The molecule has 4 aliphatic heterocycles. The monoisotopic (exact) mass is 576 g/mol. The van der Waals surface area contributed by atoms with E-state index in [0.717, 1.165) is 76.3 Å². The van der Waals surface area contributed by atoms with Crippen molar-refractivity contribution < 1.29 is 18.9 Å². The largest absolute Gasteiger partial charge is 0.372 e. The molecule has 4 N–H and O–H groups in total. The van der Waals surface area contributed by atoms with Crippen LogP contribution < -0.4 is 11.5 Å². The fraction of sp³-hybridized carbons (Fsp3) is 1.00. The summed E-state index contributed by atoms with van der Waals surface area (Å²) in [6.07, 6.45) is 19.5. The molecule has 3 saturated carbocycles. The summed E-state index contributed by atoms with van der Waals surface area (Å²) in [5.41, 5.74) is 11.9. The van der Waals surface area contributed by atoms with Gasteiger partial charge in [-0.25, -0.2) is 0 Å². The highest BCUT2D eigenvalue weighted by Crippen LogP contribution is 2.35. The SMILES string of the molecule is C1CC(CN(CC2CO2)CC2CO2)CC(CN(CC2CO2)CC2CO2)C1.NC1CCC(CC2CCC(N)CC2)CC1. The fourth-order valence-electron chi connectivity index (χ4n) is 8.08. The topological polar surface area (TPSA) is 109 Å². The molecular formula is C33H60N4O4. The van der Waals surface area contributed by atoms with E-state index in [1.807, 2.05) is 0 Å². The molecule has 0 amide bonds. The van der Waals surface area contributed by atoms with E-state index in [1.165, 1.54) is 96.6 Å². The molecule has 0 aromatic rings. The van der Waals surface area contributed by atoms with Crippen molar-refractivity contribution in [2.45, 2.75) is 120 Å². The zero-order valence-corrected chi connectivity index (χ0v) is 25.7. The van der Waals surface area contributed by atoms with Gasteiger partial charge in [0.2, 0.25) is 0 Å². The second-order valence-electron chi connectivity index (χ2n) is 15.0. The third-order valence-corrected chi connectivity index (χ3v) is 10.8. The van der Waals surface area contributed by atoms with Crippen LogP contribution in [0.5, 0.6) is 0 Å². The number of epoxide rings is 4. The first-order valence-corrected chi connectivity index (χ1v) is 17.5. The van der Waals surface area contributed by atoms with Gasteiger partial charge in [0, 0.05) is 51.4 Å². The van der Waals surface area contributed by atoms with Crippen LogP contribution in [-0.2, 0) is 18.9 Å². The van der Waals surface area contributed by atoms with Crippen LogP contribution in [0.25, 0.3) is 0 Å². The Hall–Kier alpha value is -0.320. The lowest BCUT2D eigenvalue weighted by atomic mass is 9.76. The summed E-state index contributed by atoms with van der Waals surface area (Å²) in [4.78, 5) is 5.24. The second-order valence-corrected chi connectivity index (χ2v) is 15.0. The van der Waals surface area contributed by atoms with Gasteiger partial charge in [0.15, 0.2) is 0 Å². The molecule has 8 nitrogen and oxygen atoms in total. The highest BCUT2D eigenvalue weighted by molar-refractivity contribution is 4.86. The lowest BCUT2D eigenvalue weighted by Gasteiger charge is -2.35. The van der Waals surface area contributed by atoms with Gasteiger partial charge in [-0.2, -0.15) is 0 Å². The van der Waals surface area contributed by atoms with Crippen molar-refractivity contribution in [3.8, 4) is 0 Å². The van der Waals surface area contributed by atoms with Gasteiger partial charge in [0.05, 0.1) is 50.8 Å². The molecule has 3 aliphatic carbocycles. The van der Waals surface area contributed by atoms with Gasteiger partial charge in [-0.15, -0.1) is 0 Å². The number of nitrogens with zero attached hydrogens (tertiary/aromatic N) is 2. The first-order valence-electron chi connectivity index (χ1n) is 17.5. The van der Waals surface area contributed by atoms with E-state index >= 15 is 0 Å². The van der Waals surface area contributed by atoms with Gasteiger partial charge in [-0.3, -0.25) is 9.80 Å². The van der Waals surface area contributed by atoms with Crippen molar-refractivity contribution >= 4 is 0 Å². The van der Waals surface area contributed by atoms with Gasteiger partial charge in [-0.05, 0) is 101 Å². The van der Waals surface area contributed by atoms with Crippen LogP contribution in [0.1, 0.15) is 83.5 Å². The van der Waals surface area contributed by atoms with Gasteiger partial charge < -0.3 is 30.4 Å². The average molecular weight is 577 g/mol. The maximum atomic E-state index is 5.93. The van der Waals surface area contributed by atoms with Crippen LogP contribution in [0.15, 0.2) is 0 Å². The minimum Gasteiger partial charge on any atom is -0.372 e. The number of ether oxygens (including phenoxy) is 4. The summed E-state index contributed by atoms with van der Waals surface area (Å²) in [6.45, 7) is 10.7. The lowest BCUT2D eigenvalue weighted by molar-refractivity contribution is 0.125. The van der Waals surface area contributed by atoms with Crippen LogP contribution in [-0.4, -0.2) is 112 Å². The molecule has 8 heteroatoms. The molecule has 0 radical (unpaired) electrons.